The summed E-state index contributed by atoms with van der Waals surface area (Å²) < 4.78 is 10.9. The van der Waals surface area contributed by atoms with E-state index in [9.17, 15) is 0 Å². The van der Waals surface area contributed by atoms with Gasteiger partial charge >= 0.3 is 0 Å². The zero-order valence-electron chi connectivity index (χ0n) is 13.2. The molecule has 2 rings (SSSR count). The van der Waals surface area contributed by atoms with Crippen molar-refractivity contribution in [2.75, 3.05) is 14.2 Å². The van der Waals surface area contributed by atoms with Crippen molar-refractivity contribution in [2.45, 2.75) is 32.4 Å². The Kier molecular flexibility index (Phi) is 4.99. The first-order valence-electron chi connectivity index (χ1n) is 7.19. The van der Waals surface area contributed by atoms with E-state index in [0.717, 1.165) is 12.0 Å². The van der Waals surface area contributed by atoms with Crippen LogP contribution in [0, 0.1) is 12.8 Å². The molecule has 1 aliphatic rings. The number of nitrogens with zero attached hydrogens (tertiary/aromatic N) is 2. The highest BCUT2D eigenvalue weighted by atomic mass is 16.5. The highest BCUT2D eigenvalue weighted by Crippen LogP contribution is 2.20. The minimum Gasteiger partial charge on any atom is -0.483 e. The number of methoxy groups -OCH3 is 2. The lowest BCUT2D eigenvalue weighted by atomic mass is 10.00. The predicted molar refractivity (Wildman–Crippen MR) is 85.9 cm³/mol. The highest BCUT2D eigenvalue weighted by molar-refractivity contribution is 5.94. The van der Waals surface area contributed by atoms with Crippen molar-refractivity contribution in [1.82, 2.24) is 0 Å². The van der Waals surface area contributed by atoms with Gasteiger partial charge in [-0.3, -0.25) is 0 Å². The average Bonchev–Trinajstić information content (AvgIpc) is 2.48. The summed E-state index contributed by atoms with van der Waals surface area (Å²) in [5.41, 5.74) is 2.18. The van der Waals surface area contributed by atoms with E-state index in [1.165, 1.54) is 5.56 Å². The van der Waals surface area contributed by atoms with Gasteiger partial charge in [-0.25, -0.2) is 9.98 Å². The fourth-order valence-corrected chi connectivity index (χ4v) is 2.39. The van der Waals surface area contributed by atoms with Gasteiger partial charge in [-0.2, -0.15) is 0 Å². The van der Waals surface area contributed by atoms with E-state index in [0.29, 0.717) is 17.7 Å². The Labute approximate surface area is 126 Å². The largest absolute Gasteiger partial charge is 0.483 e. The molecule has 0 spiro atoms. The van der Waals surface area contributed by atoms with Gasteiger partial charge in [0.05, 0.1) is 14.2 Å². The number of benzene rings is 1. The Bertz CT molecular complexity index is 532. The van der Waals surface area contributed by atoms with Crippen molar-refractivity contribution in [3.63, 3.8) is 0 Å². The summed E-state index contributed by atoms with van der Waals surface area (Å²) in [4.78, 5) is 9.37. The lowest BCUT2D eigenvalue weighted by Crippen LogP contribution is -2.38. The third-order valence-corrected chi connectivity index (χ3v) is 3.59. The number of ether oxygens (including phenoxy) is 2. The molecule has 1 radical (unpaired) electrons. The van der Waals surface area contributed by atoms with Crippen LogP contribution in [0.1, 0.15) is 25.0 Å². The molecular formula is C17H23N2O2. The number of aliphatic imine (C=N–C) groups is 2. The smallest absolute Gasteiger partial charge is 0.209 e. The van der Waals surface area contributed by atoms with Gasteiger partial charge in [0.15, 0.2) is 0 Å². The Balaban J connectivity index is 2.23. The minimum absolute atomic E-state index is 0.0663. The van der Waals surface area contributed by atoms with E-state index in [4.69, 9.17) is 14.5 Å². The fourth-order valence-electron chi connectivity index (χ4n) is 2.39. The first-order valence-corrected chi connectivity index (χ1v) is 7.19. The second-order valence-corrected chi connectivity index (χ2v) is 5.57. The van der Waals surface area contributed by atoms with Crippen LogP contribution in [0.3, 0.4) is 0 Å². The number of hydrogen-bond donors (Lipinski definition) is 0. The molecule has 0 N–H and O–H groups in total. The molecule has 0 saturated heterocycles. The molecule has 0 fully saturated rings. The van der Waals surface area contributed by atoms with Crippen LogP contribution in [0.2, 0.25) is 0 Å². The van der Waals surface area contributed by atoms with Gasteiger partial charge in [0.1, 0.15) is 12.1 Å². The molecule has 1 aromatic rings. The molecule has 1 aromatic carbocycles. The molecule has 0 saturated carbocycles. The van der Waals surface area contributed by atoms with Crippen molar-refractivity contribution in [3.8, 4) is 0 Å². The van der Waals surface area contributed by atoms with Crippen molar-refractivity contribution in [2.24, 2.45) is 15.9 Å². The lowest BCUT2D eigenvalue weighted by molar-refractivity contribution is 0.332. The quantitative estimate of drug-likeness (QED) is 0.858. The molecule has 0 amide bonds. The molecule has 1 heterocycles. The van der Waals surface area contributed by atoms with Crippen LogP contribution < -0.4 is 0 Å². The van der Waals surface area contributed by atoms with Crippen molar-refractivity contribution in [1.29, 1.82) is 0 Å². The molecule has 4 heteroatoms. The first-order chi connectivity index (χ1) is 10.0. The van der Waals surface area contributed by atoms with Gasteiger partial charge in [-0.1, -0.05) is 38.1 Å². The second-order valence-electron chi connectivity index (χ2n) is 5.57. The predicted octanol–water partition coefficient (Wildman–Crippen LogP) is 2.91. The number of hydrogen-bond acceptors (Lipinski definition) is 4. The summed E-state index contributed by atoms with van der Waals surface area (Å²) in [5.74, 6) is 1.68. The summed E-state index contributed by atoms with van der Waals surface area (Å²) in [5, 5.41) is 0. The Morgan fingerprint density at radius 1 is 1.05 bits per heavy atom. The summed E-state index contributed by atoms with van der Waals surface area (Å²) in [6.07, 6.45) is 0.741. The monoisotopic (exact) mass is 287 g/mol. The van der Waals surface area contributed by atoms with E-state index in [1.54, 1.807) is 14.2 Å². The molecular weight excluding hydrogens is 264 g/mol. The van der Waals surface area contributed by atoms with Crippen LogP contribution in [-0.4, -0.2) is 38.1 Å². The van der Waals surface area contributed by atoms with E-state index in [2.05, 4.69) is 37.9 Å². The Morgan fingerprint density at radius 3 is 2.19 bits per heavy atom. The van der Waals surface area contributed by atoms with Crippen molar-refractivity contribution < 1.29 is 9.47 Å². The maximum Gasteiger partial charge on any atom is 0.209 e. The molecule has 4 nitrogen and oxygen atoms in total. The average molecular weight is 287 g/mol. The number of rotatable bonds is 3. The molecule has 113 valence electrons. The van der Waals surface area contributed by atoms with Gasteiger partial charge in [-0.05, 0) is 24.0 Å². The van der Waals surface area contributed by atoms with Crippen molar-refractivity contribution in [3.05, 3.63) is 42.3 Å². The third kappa shape index (κ3) is 3.63. The SMILES string of the molecule is [CH2]c1ccc(C[C@@H]2N=C(OC)[C@@H](C(C)C)N=C2OC)cc1. The van der Waals surface area contributed by atoms with Crippen LogP contribution in [0.5, 0.6) is 0 Å². The molecule has 1 aliphatic heterocycles. The van der Waals surface area contributed by atoms with E-state index in [-0.39, 0.29) is 12.1 Å². The molecule has 21 heavy (non-hydrogen) atoms. The maximum atomic E-state index is 5.45. The Hall–Kier alpha value is -1.84. The van der Waals surface area contributed by atoms with Crippen molar-refractivity contribution >= 4 is 11.8 Å². The molecule has 2 atom stereocenters. The standard InChI is InChI=1S/C17H23N2O2/c1-11(2)15-17(21-5)18-14(16(19-15)20-4)10-13-8-6-12(3)7-9-13/h6-9,11,14-15H,3,10H2,1-2,4-5H3/t14-,15+/m0/s1. The van der Waals surface area contributed by atoms with E-state index >= 15 is 0 Å². The summed E-state index contributed by atoms with van der Waals surface area (Å²) in [6.45, 7) is 8.10. The van der Waals surface area contributed by atoms with Crippen LogP contribution in [0.4, 0.5) is 0 Å². The zero-order chi connectivity index (χ0) is 15.4. The lowest BCUT2D eigenvalue weighted by Gasteiger charge is -2.27. The minimum atomic E-state index is -0.129. The maximum absolute atomic E-state index is 5.45. The normalized spacial score (nSPS) is 21.8. The highest BCUT2D eigenvalue weighted by Gasteiger charge is 2.30. The Morgan fingerprint density at radius 2 is 1.67 bits per heavy atom. The summed E-state index contributed by atoms with van der Waals surface area (Å²) in [7, 11) is 3.30. The van der Waals surface area contributed by atoms with Gasteiger partial charge in [0.25, 0.3) is 0 Å². The second kappa shape index (κ2) is 6.74. The first kappa shape index (κ1) is 15.5. The van der Waals surface area contributed by atoms with Gasteiger partial charge in [0.2, 0.25) is 11.8 Å². The van der Waals surface area contributed by atoms with E-state index < -0.39 is 0 Å². The van der Waals surface area contributed by atoms with Gasteiger partial charge < -0.3 is 9.47 Å². The van der Waals surface area contributed by atoms with Crippen LogP contribution in [0.15, 0.2) is 34.3 Å². The summed E-state index contributed by atoms with van der Waals surface area (Å²) >= 11 is 0. The summed E-state index contributed by atoms with van der Waals surface area (Å²) in [6, 6.07) is 7.93. The van der Waals surface area contributed by atoms with E-state index in [1.807, 2.05) is 12.1 Å². The zero-order valence-corrected chi connectivity index (χ0v) is 13.2. The van der Waals surface area contributed by atoms with Crippen LogP contribution in [-0.2, 0) is 15.9 Å². The topological polar surface area (TPSA) is 43.2 Å². The van der Waals surface area contributed by atoms with Crippen LogP contribution in [0.25, 0.3) is 0 Å². The van der Waals surface area contributed by atoms with Crippen LogP contribution >= 0.6 is 0 Å². The van der Waals surface area contributed by atoms with Gasteiger partial charge in [-0.15, -0.1) is 0 Å². The molecule has 0 bridgehead atoms. The molecule has 0 unspecified atom stereocenters. The third-order valence-electron chi connectivity index (χ3n) is 3.59. The molecule has 0 aromatic heterocycles. The van der Waals surface area contributed by atoms with Gasteiger partial charge in [0, 0.05) is 6.42 Å². The fraction of sp³-hybridized carbons (Fsp3) is 0.471. The molecule has 0 aliphatic carbocycles.